The van der Waals surface area contributed by atoms with Crippen molar-refractivity contribution in [2.24, 2.45) is 0 Å². The number of aryl methyl sites for hydroxylation is 1. The fourth-order valence-corrected chi connectivity index (χ4v) is 2.38. The monoisotopic (exact) mass is 253 g/mol. The first-order chi connectivity index (χ1) is 7.91. The van der Waals surface area contributed by atoms with Gasteiger partial charge in [0.15, 0.2) is 4.90 Å². The Morgan fingerprint density at radius 1 is 1.29 bits per heavy atom. The van der Waals surface area contributed by atoms with Crippen molar-refractivity contribution in [3.05, 3.63) is 36.0 Å². The van der Waals surface area contributed by atoms with E-state index in [-0.39, 0.29) is 16.4 Å². The predicted octanol–water partition coefficient (Wildman–Crippen LogP) is 1.01. The summed E-state index contributed by atoms with van der Waals surface area (Å²) in [6.07, 6.45) is 0. The largest absolute Gasteiger partial charge is 0.382 e. The molecule has 0 aliphatic carbocycles. The maximum Gasteiger partial charge on any atom is 0.300 e. The normalized spacial score (nSPS) is 11.6. The van der Waals surface area contributed by atoms with E-state index in [1.54, 1.807) is 24.3 Å². The fraction of sp³-hybridized carbons (Fsp3) is 0.100. The molecule has 1 aromatic heterocycles. The summed E-state index contributed by atoms with van der Waals surface area (Å²) in [5, 5.41) is 4.00. The summed E-state index contributed by atoms with van der Waals surface area (Å²) in [7, 11) is -4.36. The Bertz CT molecular complexity index is 647. The zero-order chi connectivity index (χ0) is 12.6. The zero-order valence-corrected chi connectivity index (χ0v) is 9.85. The van der Waals surface area contributed by atoms with Crippen LogP contribution in [0, 0.1) is 6.92 Å². The number of anilines is 1. The van der Waals surface area contributed by atoms with Gasteiger partial charge in [-0.2, -0.15) is 13.5 Å². The molecule has 0 aliphatic heterocycles. The Morgan fingerprint density at radius 3 is 2.35 bits per heavy atom. The van der Waals surface area contributed by atoms with E-state index in [9.17, 15) is 8.42 Å². The number of benzene rings is 1. The number of para-hydroxylation sites is 1. The van der Waals surface area contributed by atoms with Crippen LogP contribution in [-0.2, 0) is 10.1 Å². The third-order valence-electron chi connectivity index (χ3n) is 2.30. The summed E-state index contributed by atoms with van der Waals surface area (Å²) < 4.78 is 32.6. The van der Waals surface area contributed by atoms with Crippen molar-refractivity contribution in [3.8, 4) is 5.69 Å². The molecule has 0 saturated heterocycles. The molecule has 17 heavy (non-hydrogen) atoms. The van der Waals surface area contributed by atoms with Gasteiger partial charge in [-0.15, -0.1) is 0 Å². The molecule has 6 nitrogen and oxygen atoms in total. The summed E-state index contributed by atoms with van der Waals surface area (Å²) in [4.78, 5) is -0.346. The number of hydrogen-bond acceptors (Lipinski definition) is 4. The summed E-state index contributed by atoms with van der Waals surface area (Å²) in [6, 6.07) is 8.84. The SMILES string of the molecule is Cc1nn(-c2ccccc2)c(N)c1S(=O)(=O)O. The second kappa shape index (κ2) is 3.86. The van der Waals surface area contributed by atoms with Crippen molar-refractivity contribution in [2.45, 2.75) is 11.8 Å². The minimum absolute atomic E-state index is 0.101. The lowest BCUT2D eigenvalue weighted by molar-refractivity contribution is 0.483. The van der Waals surface area contributed by atoms with Crippen molar-refractivity contribution in [2.75, 3.05) is 5.73 Å². The molecular weight excluding hydrogens is 242 g/mol. The minimum atomic E-state index is -4.36. The molecule has 0 aliphatic rings. The van der Waals surface area contributed by atoms with Gasteiger partial charge in [0.25, 0.3) is 10.1 Å². The number of aromatic nitrogens is 2. The van der Waals surface area contributed by atoms with Crippen molar-refractivity contribution in [3.63, 3.8) is 0 Å². The highest BCUT2D eigenvalue weighted by Crippen LogP contribution is 2.24. The van der Waals surface area contributed by atoms with Gasteiger partial charge in [0, 0.05) is 0 Å². The van der Waals surface area contributed by atoms with Gasteiger partial charge in [0.05, 0.1) is 11.4 Å². The van der Waals surface area contributed by atoms with Gasteiger partial charge in [0.1, 0.15) is 5.82 Å². The Labute approximate surface area is 98.4 Å². The smallest absolute Gasteiger partial charge is 0.300 e. The third kappa shape index (κ3) is 2.02. The lowest BCUT2D eigenvalue weighted by Gasteiger charge is -2.03. The van der Waals surface area contributed by atoms with E-state index >= 15 is 0 Å². The molecule has 0 radical (unpaired) electrons. The van der Waals surface area contributed by atoms with Crippen molar-refractivity contribution < 1.29 is 13.0 Å². The number of rotatable bonds is 2. The van der Waals surface area contributed by atoms with Gasteiger partial charge in [0.2, 0.25) is 0 Å². The van der Waals surface area contributed by atoms with Gasteiger partial charge in [-0.05, 0) is 19.1 Å². The molecule has 7 heteroatoms. The van der Waals surface area contributed by atoms with Crippen molar-refractivity contribution in [1.82, 2.24) is 9.78 Å². The van der Waals surface area contributed by atoms with E-state index < -0.39 is 10.1 Å². The van der Waals surface area contributed by atoms with Crippen LogP contribution in [0.25, 0.3) is 5.69 Å². The first-order valence-corrected chi connectivity index (χ1v) is 6.23. The lowest BCUT2D eigenvalue weighted by Crippen LogP contribution is -2.06. The molecule has 0 atom stereocenters. The molecule has 0 saturated carbocycles. The Kier molecular flexibility index (Phi) is 2.64. The van der Waals surface area contributed by atoms with Crippen molar-refractivity contribution in [1.29, 1.82) is 0 Å². The summed E-state index contributed by atoms with van der Waals surface area (Å²) >= 11 is 0. The average Bonchev–Trinajstić information content (AvgIpc) is 2.54. The van der Waals surface area contributed by atoms with Gasteiger partial charge < -0.3 is 5.73 Å². The van der Waals surface area contributed by atoms with Gasteiger partial charge >= 0.3 is 0 Å². The van der Waals surface area contributed by atoms with Crippen molar-refractivity contribution >= 4 is 15.9 Å². The van der Waals surface area contributed by atoms with E-state index in [2.05, 4.69) is 5.10 Å². The number of nitrogen functional groups attached to an aromatic ring is 1. The Hall–Kier alpha value is -1.86. The minimum Gasteiger partial charge on any atom is -0.382 e. The fourth-order valence-electron chi connectivity index (χ4n) is 1.62. The van der Waals surface area contributed by atoms with E-state index in [0.29, 0.717) is 5.69 Å². The standard InChI is InChI=1S/C10H11N3O3S/c1-7-9(17(14,15)16)10(11)13(12-7)8-5-3-2-4-6-8/h2-6H,11H2,1H3,(H,14,15,16). The summed E-state index contributed by atoms with van der Waals surface area (Å²) in [5.41, 5.74) is 6.47. The maximum absolute atomic E-state index is 11.1. The molecule has 1 heterocycles. The predicted molar refractivity (Wildman–Crippen MR) is 62.5 cm³/mol. The highest BCUT2D eigenvalue weighted by Gasteiger charge is 2.23. The molecule has 1 aromatic carbocycles. The number of nitrogens with zero attached hydrogens (tertiary/aromatic N) is 2. The quantitative estimate of drug-likeness (QED) is 0.778. The molecule has 0 amide bonds. The average molecular weight is 253 g/mol. The van der Waals surface area contributed by atoms with Crippen LogP contribution in [0.1, 0.15) is 5.69 Å². The van der Waals surface area contributed by atoms with Crippen LogP contribution in [0.3, 0.4) is 0 Å². The highest BCUT2D eigenvalue weighted by molar-refractivity contribution is 7.86. The van der Waals surface area contributed by atoms with E-state index in [4.69, 9.17) is 10.3 Å². The zero-order valence-electron chi connectivity index (χ0n) is 9.03. The second-order valence-electron chi connectivity index (χ2n) is 3.52. The summed E-state index contributed by atoms with van der Waals surface area (Å²) in [5.74, 6) is -0.101. The van der Waals surface area contributed by atoms with Crippen LogP contribution in [0.5, 0.6) is 0 Å². The molecular formula is C10H11N3O3S. The summed E-state index contributed by atoms with van der Waals surface area (Å²) in [6.45, 7) is 1.47. The number of hydrogen-bond donors (Lipinski definition) is 2. The van der Waals surface area contributed by atoms with Crippen LogP contribution in [-0.4, -0.2) is 22.8 Å². The van der Waals surface area contributed by atoms with Gasteiger partial charge in [-0.25, -0.2) is 4.68 Å². The van der Waals surface area contributed by atoms with Gasteiger partial charge in [-0.3, -0.25) is 4.55 Å². The van der Waals surface area contributed by atoms with Crippen LogP contribution >= 0.6 is 0 Å². The molecule has 3 N–H and O–H groups in total. The van der Waals surface area contributed by atoms with Gasteiger partial charge in [-0.1, -0.05) is 18.2 Å². The first kappa shape index (κ1) is 11.6. The first-order valence-electron chi connectivity index (χ1n) is 4.79. The molecule has 0 fully saturated rings. The lowest BCUT2D eigenvalue weighted by atomic mass is 10.3. The number of nitrogens with two attached hydrogens (primary N) is 1. The molecule has 0 spiro atoms. The van der Waals surface area contributed by atoms with Crippen LogP contribution < -0.4 is 5.73 Å². The molecule has 2 rings (SSSR count). The highest BCUT2D eigenvalue weighted by atomic mass is 32.2. The topological polar surface area (TPSA) is 98.2 Å². The van der Waals surface area contributed by atoms with Crippen LogP contribution in [0.2, 0.25) is 0 Å². The molecule has 2 aromatic rings. The molecule has 0 unspecified atom stereocenters. The van der Waals surface area contributed by atoms with E-state index in [1.807, 2.05) is 6.07 Å². The van der Waals surface area contributed by atoms with E-state index in [0.717, 1.165) is 0 Å². The van der Waals surface area contributed by atoms with Crippen LogP contribution in [0.15, 0.2) is 35.2 Å². The van der Waals surface area contributed by atoms with E-state index in [1.165, 1.54) is 11.6 Å². The second-order valence-corrected chi connectivity index (χ2v) is 4.88. The Morgan fingerprint density at radius 2 is 1.88 bits per heavy atom. The Balaban J connectivity index is 2.69. The molecule has 0 bridgehead atoms. The maximum atomic E-state index is 11.1. The van der Waals surface area contributed by atoms with Crippen LogP contribution in [0.4, 0.5) is 5.82 Å². The molecule has 90 valence electrons. The third-order valence-corrected chi connectivity index (χ3v) is 3.32.